The normalized spacial score (nSPS) is 17.1. The summed E-state index contributed by atoms with van der Waals surface area (Å²) in [6.07, 6.45) is 2.63. The number of benzene rings is 1. The standard InChI is InChI=1S/C33H34F2N6O4/c1-6-26(42)39-12-13-40(20(5)15-39)31-22-14-24(35)29(27-23(34)8-7-9-25(27)45-21-16-44-17-21)37-32(22)41(33(43)38-31)30-19(4)10-11-36-28(30)18(2)3/h6-11,14,18,20-21H,1,12-13,15-17H2,2-5H3/t20-/m0/s1. The largest absolute Gasteiger partial charge is 0.485 e. The molecule has 0 saturated carbocycles. The van der Waals surface area contributed by atoms with Crippen molar-refractivity contribution >= 4 is 22.8 Å². The summed E-state index contributed by atoms with van der Waals surface area (Å²) in [5, 5.41) is 0.260. The van der Waals surface area contributed by atoms with Crippen LogP contribution in [0.4, 0.5) is 14.6 Å². The highest BCUT2D eigenvalue weighted by Gasteiger charge is 2.31. The SMILES string of the molecule is C=CC(=O)N1CCN(c2nc(=O)n(-c3c(C)ccnc3C(C)C)c3nc(-c4c(F)cccc4OC4COC4)c(F)cc23)[C@@H](C)C1. The van der Waals surface area contributed by atoms with Crippen LogP contribution in [0.3, 0.4) is 0 Å². The number of carbonyl (C=O) groups is 1. The van der Waals surface area contributed by atoms with Gasteiger partial charge in [-0.3, -0.25) is 9.78 Å². The van der Waals surface area contributed by atoms with E-state index in [1.165, 1.54) is 28.8 Å². The van der Waals surface area contributed by atoms with Crippen molar-refractivity contribution in [1.82, 2.24) is 24.4 Å². The number of piperazine rings is 1. The van der Waals surface area contributed by atoms with Crippen molar-refractivity contribution in [3.8, 4) is 22.7 Å². The summed E-state index contributed by atoms with van der Waals surface area (Å²) < 4.78 is 44.3. The number of nitrogens with zero attached hydrogens (tertiary/aromatic N) is 6. The predicted octanol–water partition coefficient (Wildman–Crippen LogP) is 4.55. The van der Waals surface area contributed by atoms with Crippen molar-refractivity contribution in [2.75, 3.05) is 37.7 Å². The van der Waals surface area contributed by atoms with Crippen LogP contribution in [-0.2, 0) is 9.53 Å². The zero-order chi connectivity index (χ0) is 32.0. The maximum absolute atomic E-state index is 16.3. The van der Waals surface area contributed by atoms with Crippen molar-refractivity contribution in [2.45, 2.75) is 45.8 Å². The van der Waals surface area contributed by atoms with Crippen molar-refractivity contribution < 1.29 is 23.0 Å². The molecule has 5 heterocycles. The highest BCUT2D eigenvalue weighted by molar-refractivity contribution is 5.91. The van der Waals surface area contributed by atoms with Gasteiger partial charge in [0, 0.05) is 31.9 Å². The number of aryl methyl sites for hydroxylation is 1. The van der Waals surface area contributed by atoms with Crippen LogP contribution >= 0.6 is 0 Å². The van der Waals surface area contributed by atoms with Crippen LogP contribution in [0, 0.1) is 18.6 Å². The molecule has 0 bridgehead atoms. The summed E-state index contributed by atoms with van der Waals surface area (Å²) >= 11 is 0. The van der Waals surface area contributed by atoms with Crippen molar-refractivity contribution in [2.24, 2.45) is 0 Å². The zero-order valence-corrected chi connectivity index (χ0v) is 25.6. The molecular weight excluding hydrogens is 582 g/mol. The Morgan fingerprint density at radius 2 is 1.93 bits per heavy atom. The lowest BCUT2D eigenvalue weighted by Gasteiger charge is -2.40. The van der Waals surface area contributed by atoms with Gasteiger partial charge in [0.05, 0.1) is 35.5 Å². The molecule has 234 valence electrons. The van der Waals surface area contributed by atoms with E-state index in [1.54, 1.807) is 23.2 Å². The fourth-order valence-corrected chi connectivity index (χ4v) is 5.88. The summed E-state index contributed by atoms with van der Waals surface area (Å²) in [5.74, 6) is -1.46. The van der Waals surface area contributed by atoms with Gasteiger partial charge < -0.3 is 19.3 Å². The molecule has 12 heteroatoms. The summed E-state index contributed by atoms with van der Waals surface area (Å²) in [6.45, 7) is 13.0. The van der Waals surface area contributed by atoms with E-state index in [0.717, 1.165) is 5.56 Å². The van der Waals surface area contributed by atoms with Gasteiger partial charge in [-0.15, -0.1) is 0 Å². The molecular formula is C33H34F2N6O4. The molecule has 0 spiro atoms. The molecule has 3 aromatic heterocycles. The highest BCUT2D eigenvalue weighted by atomic mass is 19.1. The van der Waals surface area contributed by atoms with E-state index >= 15 is 8.78 Å². The summed E-state index contributed by atoms with van der Waals surface area (Å²) in [7, 11) is 0. The summed E-state index contributed by atoms with van der Waals surface area (Å²) in [5.41, 5.74) is 0.847. The molecule has 45 heavy (non-hydrogen) atoms. The Balaban J connectivity index is 1.62. The second-order valence-corrected chi connectivity index (χ2v) is 11.7. The van der Waals surface area contributed by atoms with Crippen LogP contribution < -0.4 is 15.3 Å². The van der Waals surface area contributed by atoms with Crippen LogP contribution in [0.5, 0.6) is 5.75 Å². The van der Waals surface area contributed by atoms with E-state index in [2.05, 4.69) is 16.5 Å². The maximum atomic E-state index is 16.3. The third-order valence-corrected chi connectivity index (χ3v) is 8.23. The van der Waals surface area contributed by atoms with Crippen LogP contribution in [0.25, 0.3) is 28.0 Å². The van der Waals surface area contributed by atoms with Crippen LogP contribution in [0.15, 0.2) is 54.0 Å². The molecule has 2 aliphatic rings. The van der Waals surface area contributed by atoms with Crippen LogP contribution in [-0.4, -0.2) is 75.3 Å². The number of carbonyl (C=O) groups excluding carboxylic acids is 1. The van der Waals surface area contributed by atoms with Crippen LogP contribution in [0.1, 0.15) is 37.9 Å². The average molecular weight is 617 g/mol. The quantitative estimate of drug-likeness (QED) is 0.279. The van der Waals surface area contributed by atoms with E-state index in [-0.39, 0.29) is 57.8 Å². The number of anilines is 1. The minimum absolute atomic E-state index is 0.0757. The lowest BCUT2D eigenvalue weighted by molar-refractivity contribution is -0.126. The molecule has 1 amide bonds. The maximum Gasteiger partial charge on any atom is 0.355 e. The monoisotopic (exact) mass is 616 g/mol. The third-order valence-electron chi connectivity index (χ3n) is 8.23. The number of aromatic nitrogens is 4. The second-order valence-electron chi connectivity index (χ2n) is 11.7. The van der Waals surface area contributed by atoms with Crippen LogP contribution in [0.2, 0.25) is 0 Å². The summed E-state index contributed by atoms with van der Waals surface area (Å²) in [6, 6.07) is 7.01. The molecule has 0 aliphatic carbocycles. The molecule has 4 aromatic rings. The molecule has 0 unspecified atom stereocenters. The predicted molar refractivity (Wildman–Crippen MR) is 166 cm³/mol. The van der Waals surface area contributed by atoms with E-state index in [4.69, 9.17) is 14.5 Å². The van der Waals surface area contributed by atoms with Crippen molar-refractivity contribution in [1.29, 1.82) is 0 Å². The molecule has 2 aliphatic heterocycles. The fourth-order valence-electron chi connectivity index (χ4n) is 5.88. The van der Waals surface area contributed by atoms with Gasteiger partial charge >= 0.3 is 5.69 Å². The van der Waals surface area contributed by atoms with Gasteiger partial charge in [0.15, 0.2) is 11.5 Å². The summed E-state index contributed by atoms with van der Waals surface area (Å²) in [4.78, 5) is 43.7. The average Bonchev–Trinajstić information content (AvgIpc) is 2.99. The van der Waals surface area contributed by atoms with E-state index in [9.17, 15) is 9.59 Å². The molecule has 1 atom stereocenters. The first-order valence-electron chi connectivity index (χ1n) is 14.9. The molecule has 1 aromatic carbocycles. The molecule has 2 fully saturated rings. The topological polar surface area (TPSA) is 103 Å². The number of pyridine rings is 2. The third kappa shape index (κ3) is 5.43. The number of rotatable bonds is 7. The Bertz CT molecular complexity index is 1870. The number of hydrogen-bond acceptors (Lipinski definition) is 8. The minimum Gasteiger partial charge on any atom is -0.485 e. The Kier molecular flexibility index (Phi) is 8.08. The van der Waals surface area contributed by atoms with Crippen molar-refractivity contribution in [3.05, 3.63) is 82.6 Å². The van der Waals surface area contributed by atoms with Gasteiger partial charge in [-0.2, -0.15) is 4.98 Å². The van der Waals surface area contributed by atoms with Gasteiger partial charge in [-0.05, 0) is 55.7 Å². The van der Waals surface area contributed by atoms with Gasteiger partial charge in [0.1, 0.15) is 29.2 Å². The van der Waals surface area contributed by atoms with Gasteiger partial charge in [0.2, 0.25) is 5.91 Å². The van der Waals surface area contributed by atoms with Gasteiger partial charge in [-0.1, -0.05) is 26.5 Å². The Morgan fingerprint density at radius 3 is 2.60 bits per heavy atom. The highest BCUT2D eigenvalue weighted by Crippen LogP contribution is 2.38. The van der Waals surface area contributed by atoms with Crippen molar-refractivity contribution in [3.63, 3.8) is 0 Å². The zero-order valence-electron chi connectivity index (χ0n) is 25.6. The first-order chi connectivity index (χ1) is 21.6. The van der Waals surface area contributed by atoms with E-state index in [1.807, 2.05) is 32.6 Å². The first kappa shape index (κ1) is 30.3. The molecule has 6 rings (SSSR count). The van der Waals surface area contributed by atoms with E-state index < -0.39 is 17.3 Å². The first-order valence-corrected chi connectivity index (χ1v) is 14.9. The van der Waals surface area contributed by atoms with Gasteiger partial charge in [-0.25, -0.2) is 23.1 Å². The lowest BCUT2D eigenvalue weighted by atomic mass is 10.0. The number of amides is 1. The van der Waals surface area contributed by atoms with Gasteiger partial charge in [0.25, 0.3) is 0 Å². The number of hydrogen-bond donors (Lipinski definition) is 0. The molecule has 0 N–H and O–H groups in total. The Labute approximate surface area is 258 Å². The lowest BCUT2D eigenvalue weighted by Crippen LogP contribution is -2.54. The number of halogens is 2. The Morgan fingerprint density at radius 1 is 1.16 bits per heavy atom. The number of fused-ring (bicyclic) bond motifs is 1. The molecule has 0 radical (unpaired) electrons. The molecule has 10 nitrogen and oxygen atoms in total. The Hall–Kier alpha value is -4.71. The fraction of sp³-hybridized carbons (Fsp3) is 0.364. The molecule has 2 saturated heterocycles. The smallest absolute Gasteiger partial charge is 0.355 e. The van der Waals surface area contributed by atoms with E-state index in [0.29, 0.717) is 44.2 Å². The number of ether oxygens (including phenoxy) is 2. The minimum atomic E-state index is -0.810. The second kappa shape index (κ2) is 12.0.